The summed E-state index contributed by atoms with van der Waals surface area (Å²) in [7, 11) is -1.23. The van der Waals surface area contributed by atoms with Crippen molar-refractivity contribution >= 4 is 37.6 Å². The Morgan fingerprint density at radius 2 is 1.62 bits per heavy atom. The SMILES string of the molecule is COC(=O)c1cc(CBr)cc(C)c1N(Cc1ccccc1)S(=O)(=O)c1ccc(OC)cc1. The fourth-order valence-electron chi connectivity index (χ4n) is 3.44. The van der Waals surface area contributed by atoms with Crippen LogP contribution in [0.5, 0.6) is 5.75 Å². The highest BCUT2D eigenvalue weighted by molar-refractivity contribution is 9.08. The zero-order valence-electron chi connectivity index (χ0n) is 18.0. The molecular formula is C24H24BrNO5S. The first-order valence-electron chi connectivity index (χ1n) is 9.80. The molecule has 0 spiro atoms. The van der Waals surface area contributed by atoms with Crippen LogP contribution >= 0.6 is 15.9 Å². The molecule has 0 aliphatic heterocycles. The second kappa shape index (κ2) is 10.2. The number of aryl methyl sites for hydroxylation is 1. The molecule has 0 amide bonds. The van der Waals surface area contributed by atoms with Gasteiger partial charge in [-0.1, -0.05) is 52.3 Å². The molecular weight excluding hydrogens is 494 g/mol. The summed E-state index contributed by atoms with van der Waals surface area (Å²) in [6.07, 6.45) is 0. The maximum Gasteiger partial charge on any atom is 0.340 e. The van der Waals surface area contributed by atoms with Gasteiger partial charge in [0.25, 0.3) is 10.0 Å². The number of benzene rings is 3. The number of carbonyl (C=O) groups excluding carboxylic acids is 1. The van der Waals surface area contributed by atoms with E-state index in [0.717, 1.165) is 11.1 Å². The fourth-order valence-corrected chi connectivity index (χ4v) is 5.30. The summed E-state index contributed by atoms with van der Waals surface area (Å²) in [6.45, 7) is 1.84. The standard InChI is InChI=1S/C24H24BrNO5S/c1-17-13-19(15-25)14-22(24(27)31-3)23(17)26(16-18-7-5-4-6-8-18)32(28,29)21-11-9-20(30-2)10-12-21/h4-14H,15-16H2,1-3H3. The maximum absolute atomic E-state index is 13.8. The van der Waals surface area contributed by atoms with E-state index >= 15 is 0 Å². The number of halogens is 1. The third-order valence-corrected chi connectivity index (χ3v) is 7.39. The number of sulfonamides is 1. The summed E-state index contributed by atoms with van der Waals surface area (Å²) in [5.74, 6) is -0.0550. The van der Waals surface area contributed by atoms with Gasteiger partial charge < -0.3 is 9.47 Å². The predicted octanol–water partition coefficient (Wildman–Crippen LogP) is 5.08. The Balaban J connectivity index is 2.25. The molecule has 0 saturated heterocycles. The predicted molar refractivity (Wildman–Crippen MR) is 128 cm³/mol. The molecule has 3 aromatic rings. The normalized spacial score (nSPS) is 11.1. The Bertz CT molecular complexity index is 1200. The molecule has 32 heavy (non-hydrogen) atoms. The zero-order valence-corrected chi connectivity index (χ0v) is 20.4. The Labute approximate surface area is 197 Å². The largest absolute Gasteiger partial charge is 0.497 e. The van der Waals surface area contributed by atoms with Crippen LogP contribution in [0.15, 0.2) is 71.6 Å². The van der Waals surface area contributed by atoms with Crippen LogP contribution in [0.3, 0.4) is 0 Å². The van der Waals surface area contributed by atoms with Crippen molar-refractivity contribution in [3.63, 3.8) is 0 Å². The molecule has 0 radical (unpaired) electrons. The van der Waals surface area contributed by atoms with E-state index in [4.69, 9.17) is 9.47 Å². The molecule has 3 aromatic carbocycles. The number of hydrogen-bond donors (Lipinski definition) is 0. The molecule has 0 aromatic heterocycles. The van der Waals surface area contributed by atoms with Crippen molar-refractivity contribution in [3.05, 3.63) is 89.0 Å². The molecule has 8 heteroatoms. The van der Waals surface area contributed by atoms with Gasteiger partial charge in [0.05, 0.1) is 36.9 Å². The van der Waals surface area contributed by atoms with E-state index in [1.165, 1.54) is 30.7 Å². The average molecular weight is 518 g/mol. The van der Waals surface area contributed by atoms with Crippen molar-refractivity contribution in [1.29, 1.82) is 0 Å². The minimum atomic E-state index is -4.03. The molecule has 0 fully saturated rings. The summed E-state index contributed by atoms with van der Waals surface area (Å²) in [5.41, 5.74) is 2.75. The van der Waals surface area contributed by atoms with Crippen LogP contribution < -0.4 is 9.04 Å². The molecule has 168 valence electrons. The van der Waals surface area contributed by atoms with Crippen LogP contribution in [0.2, 0.25) is 0 Å². The lowest BCUT2D eigenvalue weighted by Crippen LogP contribution is -2.33. The number of anilines is 1. The van der Waals surface area contributed by atoms with Gasteiger partial charge in [-0.25, -0.2) is 13.2 Å². The molecule has 0 aliphatic carbocycles. The number of carbonyl (C=O) groups is 1. The first-order chi connectivity index (χ1) is 15.3. The molecule has 0 N–H and O–H groups in total. The molecule has 6 nitrogen and oxygen atoms in total. The topological polar surface area (TPSA) is 72.9 Å². The van der Waals surface area contributed by atoms with Crippen LogP contribution in [0.25, 0.3) is 0 Å². The van der Waals surface area contributed by atoms with E-state index in [2.05, 4.69) is 15.9 Å². The van der Waals surface area contributed by atoms with Crippen molar-refractivity contribution in [2.45, 2.75) is 23.7 Å². The lowest BCUT2D eigenvalue weighted by atomic mass is 10.0. The lowest BCUT2D eigenvalue weighted by molar-refractivity contribution is 0.0601. The minimum Gasteiger partial charge on any atom is -0.497 e. The first kappa shape index (κ1) is 23.8. The summed E-state index contributed by atoms with van der Waals surface area (Å²) >= 11 is 3.41. The van der Waals surface area contributed by atoms with Crippen LogP contribution in [0.1, 0.15) is 27.0 Å². The third-order valence-electron chi connectivity index (χ3n) is 4.99. The highest BCUT2D eigenvalue weighted by atomic mass is 79.9. The molecule has 0 aliphatic rings. The van der Waals surface area contributed by atoms with Crippen LogP contribution in [-0.4, -0.2) is 28.6 Å². The molecule has 0 atom stereocenters. The zero-order chi connectivity index (χ0) is 23.3. The van der Waals surface area contributed by atoms with Crippen LogP contribution in [-0.2, 0) is 26.6 Å². The van der Waals surface area contributed by atoms with Gasteiger partial charge in [-0.2, -0.15) is 0 Å². The second-order valence-electron chi connectivity index (χ2n) is 7.11. The summed E-state index contributed by atoms with van der Waals surface area (Å²) in [6, 6.07) is 18.9. The Morgan fingerprint density at radius 1 is 0.969 bits per heavy atom. The van der Waals surface area contributed by atoms with E-state index in [-0.39, 0.29) is 17.0 Å². The van der Waals surface area contributed by atoms with Crippen molar-refractivity contribution in [1.82, 2.24) is 0 Å². The van der Waals surface area contributed by atoms with Gasteiger partial charge in [-0.05, 0) is 53.9 Å². The van der Waals surface area contributed by atoms with Gasteiger partial charge in [-0.3, -0.25) is 4.31 Å². The van der Waals surface area contributed by atoms with Gasteiger partial charge in [0.2, 0.25) is 0 Å². The van der Waals surface area contributed by atoms with E-state index < -0.39 is 16.0 Å². The Kier molecular flexibility index (Phi) is 7.58. The van der Waals surface area contributed by atoms with Gasteiger partial charge >= 0.3 is 5.97 Å². The number of ether oxygens (including phenoxy) is 2. The minimum absolute atomic E-state index is 0.0493. The Morgan fingerprint density at radius 3 is 2.19 bits per heavy atom. The van der Waals surface area contributed by atoms with Crippen molar-refractivity contribution < 1.29 is 22.7 Å². The highest BCUT2D eigenvalue weighted by Crippen LogP contribution is 2.34. The number of esters is 1. The van der Waals surface area contributed by atoms with Gasteiger partial charge in [0.15, 0.2) is 0 Å². The van der Waals surface area contributed by atoms with Gasteiger partial charge in [-0.15, -0.1) is 0 Å². The molecule has 0 saturated carbocycles. The van der Waals surface area contributed by atoms with E-state index in [9.17, 15) is 13.2 Å². The molecule has 0 unspecified atom stereocenters. The quantitative estimate of drug-likeness (QED) is 0.307. The van der Waals surface area contributed by atoms with Crippen molar-refractivity contribution in [3.8, 4) is 5.75 Å². The van der Waals surface area contributed by atoms with Gasteiger partial charge in [0.1, 0.15) is 5.75 Å². The number of methoxy groups -OCH3 is 2. The van der Waals surface area contributed by atoms with E-state index in [0.29, 0.717) is 22.3 Å². The number of nitrogens with zero attached hydrogens (tertiary/aromatic N) is 1. The molecule has 0 bridgehead atoms. The van der Waals surface area contributed by atoms with Crippen LogP contribution in [0.4, 0.5) is 5.69 Å². The Hall–Kier alpha value is -2.84. The maximum atomic E-state index is 13.8. The lowest BCUT2D eigenvalue weighted by Gasteiger charge is -2.28. The third kappa shape index (κ3) is 4.97. The smallest absolute Gasteiger partial charge is 0.340 e. The van der Waals surface area contributed by atoms with E-state index in [1.807, 2.05) is 36.4 Å². The molecule has 0 heterocycles. The summed E-state index contributed by atoms with van der Waals surface area (Å²) < 4.78 is 39.1. The van der Waals surface area contributed by atoms with Crippen molar-refractivity contribution in [2.24, 2.45) is 0 Å². The van der Waals surface area contributed by atoms with E-state index in [1.54, 1.807) is 25.1 Å². The number of alkyl halides is 1. The summed E-state index contributed by atoms with van der Waals surface area (Å²) in [4.78, 5) is 12.8. The average Bonchev–Trinajstić information content (AvgIpc) is 2.82. The molecule has 3 rings (SSSR count). The van der Waals surface area contributed by atoms with Crippen LogP contribution in [0, 0.1) is 6.92 Å². The second-order valence-corrected chi connectivity index (χ2v) is 9.53. The number of hydrogen-bond acceptors (Lipinski definition) is 5. The number of rotatable bonds is 8. The fraction of sp³-hybridized carbons (Fsp3) is 0.208. The highest BCUT2D eigenvalue weighted by Gasteiger charge is 2.31. The van der Waals surface area contributed by atoms with Gasteiger partial charge in [0, 0.05) is 5.33 Å². The monoisotopic (exact) mass is 517 g/mol. The first-order valence-corrected chi connectivity index (χ1v) is 12.4. The summed E-state index contributed by atoms with van der Waals surface area (Å²) in [5, 5.41) is 0.516. The van der Waals surface area contributed by atoms with Crippen molar-refractivity contribution in [2.75, 3.05) is 18.5 Å².